The van der Waals surface area contributed by atoms with Gasteiger partial charge in [-0.25, -0.2) is 4.79 Å². The van der Waals surface area contributed by atoms with Gasteiger partial charge in [-0.3, -0.25) is 9.35 Å². The number of ketones is 1. The van der Waals surface area contributed by atoms with Crippen LogP contribution in [-0.2, 0) is 24.4 Å². The fourth-order valence-electron chi connectivity index (χ4n) is 1.82. The van der Waals surface area contributed by atoms with E-state index in [9.17, 15) is 18.0 Å². The van der Waals surface area contributed by atoms with Gasteiger partial charge in [-0.1, -0.05) is 0 Å². The first-order valence-electron chi connectivity index (χ1n) is 5.94. The third kappa shape index (κ3) is 2.98. The highest BCUT2D eigenvalue weighted by Gasteiger charge is 2.49. The third-order valence-electron chi connectivity index (χ3n) is 3.09. The molecule has 112 valence electrons. The van der Waals surface area contributed by atoms with Crippen LogP contribution in [0.15, 0.2) is 39.4 Å². The maximum absolute atomic E-state index is 11.6. The van der Waals surface area contributed by atoms with E-state index in [0.717, 1.165) is 12.1 Å². The lowest BCUT2D eigenvalue weighted by Crippen LogP contribution is -2.39. The molecular weight excluding hydrogens is 300 g/mol. The molecule has 0 aromatic heterocycles. The number of Topliss-reactive ketones (excluding diaryl/α,β-unsaturated/α-hetero) is 1. The van der Waals surface area contributed by atoms with E-state index in [2.05, 4.69) is 10.2 Å². The minimum Gasteiger partial charge on any atom is -0.463 e. The average molecular weight is 312 g/mol. The van der Waals surface area contributed by atoms with Crippen LogP contribution in [0.25, 0.3) is 0 Å². The summed E-state index contributed by atoms with van der Waals surface area (Å²) in [5, 5.41) is 7.57. The summed E-state index contributed by atoms with van der Waals surface area (Å²) >= 11 is 0. The second-order valence-corrected chi connectivity index (χ2v) is 5.89. The van der Waals surface area contributed by atoms with Crippen molar-refractivity contribution in [1.29, 1.82) is 0 Å². The summed E-state index contributed by atoms with van der Waals surface area (Å²) in [6, 6.07) is 4.86. The minimum absolute atomic E-state index is 0.0964. The molecule has 0 radical (unpaired) electrons. The number of esters is 1. The highest BCUT2D eigenvalue weighted by molar-refractivity contribution is 7.85. The Labute approximate surface area is 120 Å². The zero-order chi connectivity index (χ0) is 15.7. The molecule has 21 heavy (non-hydrogen) atoms. The Kier molecular flexibility index (Phi) is 3.88. The van der Waals surface area contributed by atoms with E-state index in [-0.39, 0.29) is 23.6 Å². The Morgan fingerprint density at radius 3 is 2.38 bits per heavy atom. The predicted molar refractivity (Wildman–Crippen MR) is 69.8 cm³/mol. The highest BCUT2D eigenvalue weighted by Crippen LogP contribution is 2.28. The molecule has 9 heteroatoms. The number of benzene rings is 1. The largest absolute Gasteiger partial charge is 0.463 e. The first kappa shape index (κ1) is 15.3. The smallest absolute Gasteiger partial charge is 0.343 e. The van der Waals surface area contributed by atoms with Crippen LogP contribution in [0.5, 0.6) is 0 Å². The highest BCUT2D eigenvalue weighted by atomic mass is 32.2. The van der Waals surface area contributed by atoms with Gasteiger partial charge < -0.3 is 4.74 Å². The SMILES string of the molecule is CC(=O)C1(N=Nc2ccc(S(=O)(=O)O)cc2)CCOC1=O. The van der Waals surface area contributed by atoms with Crippen molar-refractivity contribution in [1.82, 2.24) is 0 Å². The van der Waals surface area contributed by atoms with Gasteiger partial charge in [0.25, 0.3) is 10.1 Å². The molecule has 0 saturated carbocycles. The number of nitrogens with zero attached hydrogens (tertiary/aromatic N) is 2. The van der Waals surface area contributed by atoms with Crippen molar-refractivity contribution in [3.63, 3.8) is 0 Å². The van der Waals surface area contributed by atoms with E-state index in [1.807, 2.05) is 0 Å². The van der Waals surface area contributed by atoms with Gasteiger partial charge in [0.05, 0.1) is 17.2 Å². The van der Waals surface area contributed by atoms with Crippen molar-refractivity contribution in [2.75, 3.05) is 6.61 Å². The van der Waals surface area contributed by atoms with Gasteiger partial charge in [0.1, 0.15) is 0 Å². The van der Waals surface area contributed by atoms with Crippen LogP contribution in [-0.4, -0.2) is 36.9 Å². The molecule has 1 aromatic carbocycles. The molecule has 0 aliphatic carbocycles. The Bertz CT molecular complexity index is 710. The monoisotopic (exact) mass is 312 g/mol. The van der Waals surface area contributed by atoms with E-state index in [1.165, 1.54) is 19.1 Å². The second kappa shape index (κ2) is 5.34. The number of ether oxygens (including phenoxy) is 1. The molecule has 1 fully saturated rings. The van der Waals surface area contributed by atoms with Gasteiger partial charge in [-0.2, -0.15) is 18.6 Å². The fourth-order valence-corrected chi connectivity index (χ4v) is 2.30. The van der Waals surface area contributed by atoms with Crippen LogP contribution in [0.1, 0.15) is 13.3 Å². The lowest BCUT2D eigenvalue weighted by Gasteiger charge is -2.13. The molecule has 1 saturated heterocycles. The maximum Gasteiger partial charge on any atom is 0.343 e. The summed E-state index contributed by atoms with van der Waals surface area (Å²) in [7, 11) is -4.28. The molecular formula is C12H12N2O6S. The predicted octanol–water partition coefficient (Wildman–Crippen LogP) is 1.29. The number of rotatable bonds is 4. The van der Waals surface area contributed by atoms with Crippen LogP contribution in [0.3, 0.4) is 0 Å². The lowest BCUT2D eigenvalue weighted by atomic mass is 9.95. The number of cyclic esters (lactones) is 1. The van der Waals surface area contributed by atoms with E-state index in [1.54, 1.807) is 0 Å². The van der Waals surface area contributed by atoms with Crippen molar-refractivity contribution in [2.24, 2.45) is 10.2 Å². The Balaban J connectivity index is 2.28. The van der Waals surface area contributed by atoms with E-state index < -0.39 is 27.4 Å². The standard InChI is InChI=1S/C12H12N2O6S/c1-8(15)12(6-7-20-11(12)16)14-13-9-2-4-10(5-3-9)21(17,18)19/h2-5H,6-7H2,1H3,(H,17,18,19). The average Bonchev–Trinajstić information content (AvgIpc) is 2.78. The number of carbonyl (C=O) groups is 2. The number of carbonyl (C=O) groups excluding carboxylic acids is 2. The van der Waals surface area contributed by atoms with Crippen LogP contribution in [0.2, 0.25) is 0 Å². The van der Waals surface area contributed by atoms with Crippen molar-refractivity contribution in [3.05, 3.63) is 24.3 Å². The van der Waals surface area contributed by atoms with Crippen LogP contribution in [0, 0.1) is 0 Å². The number of azo groups is 1. The molecule has 8 nitrogen and oxygen atoms in total. The summed E-state index contributed by atoms with van der Waals surface area (Å²) in [4.78, 5) is 23.0. The summed E-state index contributed by atoms with van der Waals surface area (Å²) < 4.78 is 35.4. The van der Waals surface area contributed by atoms with Crippen molar-refractivity contribution in [3.8, 4) is 0 Å². The van der Waals surface area contributed by atoms with Crippen LogP contribution >= 0.6 is 0 Å². The van der Waals surface area contributed by atoms with Gasteiger partial charge in [-0.05, 0) is 31.2 Å². The Morgan fingerprint density at radius 1 is 1.33 bits per heavy atom. The van der Waals surface area contributed by atoms with E-state index >= 15 is 0 Å². The zero-order valence-corrected chi connectivity index (χ0v) is 11.8. The molecule has 1 aromatic rings. The molecule has 1 N–H and O–H groups in total. The quantitative estimate of drug-likeness (QED) is 0.387. The molecule has 1 unspecified atom stereocenters. The van der Waals surface area contributed by atoms with Gasteiger partial charge in [0.15, 0.2) is 5.78 Å². The maximum atomic E-state index is 11.6. The molecule has 1 aliphatic rings. The van der Waals surface area contributed by atoms with Gasteiger partial charge in [0, 0.05) is 6.42 Å². The topological polar surface area (TPSA) is 122 Å². The molecule has 1 heterocycles. The van der Waals surface area contributed by atoms with Gasteiger partial charge >= 0.3 is 5.97 Å². The summed E-state index contributed by atoms with van der Waals surface area (Å²) in [5.74, 6) is -1.21. The number of hydrogen-bond donors (Lipinski definition) is 1. The fraction of sp³-hybridized carbons (Fsp3) is 0.333. The molecule has 1 aliphatic heterocycles. The molecule has 0 spiro atoms. The first-order valence-corrected chi connectivity index (χ1v) is 7.38. The van der Waals surface area contributed by atoms with Crippen molar-refractivity contribution >= 4 is 27.6 Å². The summed E-state index contributed by atoms with van der Waals surface area (Å²) in [5.41, 5.74) is -1.38. The normalized spacial score (nSPS) is 22.5. The molecule has 2 rings (SSSR count). The van der Waals surface area contributed by atoms with Crippen LogP contribution < -0.4 is 0 Å². The number of hydrogen-bond acceptors (Lipinski definition) is 7. The van der Waals surface area contributed by atoms with Gasteiger partial charge in [-0.15, -0.1) is 0 Å². The molecule has 0 bridgehead atoms. The lowest BCUT2D eigenvalue weighted by molar-refractivity contribution is -0.145. The molecule has 1 atom stereocenters. The second-order valence-electron chi connectivity index (χ2n) is 4.47. The minimum atomic E-state index is -4.28. The Hall–Kier alpha value is -2.13. The summed E-state index contributed by atoms with van der Waals surface area (Å²) in [6.07, 6.45) is 0.119. The van der Waals surface area contributed by atoms with Crippen molar-refractivity contribution < 1.29 is 27.3 Å². The van der Waals surface area contributed by atoms with Gasteiger partial charge in [0.2, 0.25) is 5.54 Å². The van der Waals surface area contributed by atoms with Crippen LogP contribution in [0.4, 0.5) is 5.69 Å². The molecule has 0 amide bonds. The van der Waals surface area contributed by atoms with E-state index in [0.29, 0.717) is 0 Å². The van der Waals surface area contributed by atoms with Crippen molar-refractivity contribution in [2.45, 2.75) is 23.8 Å². The van der Waals surface area contributed by atoms with E-state index in [4.69, 9.17) is 9.29 Å². The zero-order valence-electron chi connectivity index (χ0n) is 11.0. The first-order chi connectivity index (χ1) is 9.75. The summed E-state index contributed by atoms with van der Waals surface area (Å²) in [6.45, 7) is 1.33. The Morgan fingerprint density at radius 2 is 1.95 bits per heavy atom. The third-order valence-corrected chi connectivity index (χ3v) is 3.96.